The lowest BCUT2D eigenvalue weighted by Crippen LogP contribution is -1.85. The number of oxazole rings is 1. The van der Waals surface area contributed by atoms with E-state index in [2.05, 4.69) is 17.6 Å². The van der Waals surface area contributed by atoms with Crippen molar-refractivity contribution in [1.29, 1.82) is 0 Å². The van der Waals surface area contributed by atoms with Gasteiger partial charge in [-0.1, -0.05) is 18.6 Å². The second-order valence-electron chi connectivity index (χ2n) is 3.61. The number of fused-ring (bicyclic) bond motifs is 1. The van der Waals surface area contributed by atoms with Crippen molar-refractivity contribution in [2.75, 3.05) is 5.75 Å². The lowest BCUT2D eigenvalue weighted by molar-refractivity contribution is 0.513. The van der Waals surface area contributed by atoms with Crippen LogP contribution in [-0.2, 0) is 6.42 Å². The van der Waals surface area contributed by atoms with E-state index in [4.69, 9.17) is 4.42 Å². The van der Waals surface area contributed by atoms with E-state index in [-0.39, 0.29) is 0 Å². The smallest absolute Gasteiger partial charge is 0.195 e. The zero-order valence-corrected chi connectivity index (χ0v) is 9.54. The molecule has 3 heteroatoms. The number of aryl methyl sites for hydroxylation is 1. The van der Waals surface area contributed by atoms with Gasteiger partial charge in [-0.3, -0.25) is 0 Å². The number of hydrogen-bond donors (Lipinski definition) is 1. The standard InChI is InChI=1S/C12H15NOS/c15-9-5-1-2-8-12-13-10-6-3-4-7-11(10)14-12/h3-4,6-7,15H,1-2,5,8-9H2. The van der Waals surface area contributed by atoms with Crippen LogP contribution in [0.25, 0.3) is 11.1 Å². The van der Waals surface area contributed by atoms with Crippen LogP contribution in [0, 0.1) is 0 Å². The first kappa shape index (κ1) is 10.6. The summed E-state index contributed by atoms with van der Waals surface area (Å²) in [5.41, 5.74) is 1.85. The Morgan fingerprint density at radius 1 is 1.13 bits per heavy atom. The molecular weight excluding hydrogens is 206 g/mol. The number of nitrogens with zero attached hydrogens (tertiary/aromatic N) is 1. The molecule has 0 spiro atoms. The maximum atomic E-state index is 5.62. The fraction of sp³-hybridized carbons (Fsp3) is 0.417. The number of rotatable bonds is 5. The highest BCUT2D eigenvalue weighted by Gasteiger charge is 2.03. The lowest BCUT2D eigenvalue weighted by atomic mass is 10.2. The molecule has 0 bridgehead atoms. The first-order chi connectivity index (χ1) is 7.40. The van der Waals surface area contributed by atoms with Crippen LogP contribution in [0.5, 0.6) is 0 Å². The van der Waals surface area contributed by atoms with E-state index < -0.39 is 0 Å². The van der Waals surface area contributed by atoms with Gasteiger partial charge in [0.25, 0.3) is 0 Å². The van der Waals surface area contributed by atoms with Gasteiger partial charge in [0, 0.05) is 6.42 Å². The van der Waals surface area contributed by atoms with Crippen molar-refractivity contribution >= 4 is 23.7 Å². The summed E-state index contributed by atoms with van der Waals surface area (Å²) < 4.78 is 5.62. The highest BCUT2D eigenvalue weighted by molar-refractivity contribution is 7.80. The van der Waals surface area contributed by atoms with Crippen LogP contribution in [-0.4, -0.2) is 10.7 Å². The van der Waals surface area contributed by atoms with Crippen LogP contribution < -0.4 is 0 Å². The van der Waals surface area contributed by atoms with Crippen molar-refractivity contribution in [2.24, 2.45) is 0 Å². The number of thiol groups is 1. The summed E-state index contributed by atoms with van der Waals surface area (Å²) >= 11 is 4.18. The molecule has 0 saturated carbocycles. The number of unbranched alkanes of at least 4 members (excludes halogenated alkanes) is 2. The normalized spacial score (nSPS) is 11.0. The number of para-hydroxylation sites is 2. The molecule has 0 fully saturated rings. The Morgan fingerprint density at radius 2 is 2.00 bits per heavy atom. The molecule has 0 atom stereocenters. The van der Waals surface area contributed by atoms with E-state index >= 15 is 0 Å². The summed E-state index contributed by atoms with van der Waals surface area (Å²) in [6, 6.07) is 7.89. The highest BCUT2D eigenvalue weighted by Crippen LogP contribution is 2.16. The van der Waals surface area contributed by atoms with Gasteiger partial charge in [-0.05, 0) is 30.7 Å². The molecule has 2 rings (SSSR count). The van der Waals surface area contributed by atoms with Gasteiger partial charge in [-0.2, -0.15) is 12.6 Å². The quantitative estimate of drug-likeness (QED) is 0.618. The van der Waals surface area contributed by atoms with Crippen LogP contribution >= 0.6 is 12.6 Å². The molecule has 2 nitrogen and oxygen atoms in total. The number of aromatic nitrogens is 1. The van der Waals surface area contributed by atoms with Crippen molar-refractivity contribution in [3.63, 3.8) is 0 Å². The van der Waals surface area contributed by atoms with Gasteiger partial charge in [0.1, 0.15) is 5.52 Å². The fourth-order valence-electron chi connectivity index (χ4n) is 1.59. The molecule has 0 amide bonds. The van der Waals surface area contributed by atoms with Gasteiger partial charge in [-0.25, -0.2) is 4.98 Å². The minimum absolute atomic E-state index is 0.857. The SMILES string of the molecule is SCCCCCc1nc2ccccc2o1. The zero-order valence-electron chi connectivity index (χ0n) is 8.65. The van der Waals surface area contributed by atoms with Crippen molar-refractivity contribution in [2.45, 2.75) is 25.7 Å². The van der Waals surface area contributed by atoms with Gasteiger partial charge < -0.3 is 4.42 Å². The van der Waals surface area contributed by atoms with Gasteiger partial charge in [0.05, 0.1) is 0 Å². The monoisotopic (exact) mass is 221 g/mol. The van der Waals surface area contributed by atoms with Crippen LogP contribution in [0.15, 0.2) is 28.7 Å². The molecule has 0 unspecified atom stereocenters. The number of benzene rings is 1. The Hall–Kier alpha value is -0.960. The third kappa shape index (κ3) is 2.75. The molecule has 2 aromatic rings. The van der Waals surface area contributed by atoms with Crippen molar-refractivity contribution in [3.05, 3.63) is 30.2 Å². The average molecular weight is 221 g/mol. The molecule has 80 valence electrons. The Bertz CT molecular complexity index is 391. The van der Waals surface area contributed by atoms with Crippen molar-refractivity contribution in [3.8, 4) is 0 Å². The van der Waals surface area contributed by atoms with E-state index in [1.54, 1.807) is 0 Å². The van der Waals surface area contributed by atoms with Crippen molar-refractivity contribution in [1.82, 2.24) is 4.98 Å². The molecule has 0 aliphatic rings. The van der Waals surface area contributed by atoms with E-state index in [9.17, 15) is 0 Å². The molecule has 0 aliphatic heterocycles. The predicted molar refractivity (Wildman–Crippen MR) is 65.4 cm³/mol. The van der Waals surface area contributed by atoms with Gasteiger partial charge in [0.15, 0.2) is 11.5 Å². The Balaban J connectivity index is 1.97. The molecule has 1 aromatic carbocycles. The summed E-state index contributed by atoms with van der Waals surface area (Å²) in [7, 11) is 0. The maximum absolute atomic E-state index is 5.62. The molecule has 1 heterocycles. The molecule has 0 saturated heterocycles. The Morgan fingerprint density at radius 3 is 2.80 bits per heavy atom. The predicted octanol–water partition coefficient (Wildman–Crippen LogP) is 3.47. The van der Waals surface area contributed by atoms with E-state index in [0.717, 1.165) is 35.6 Å². The Labute approximate surface area is 95.1 Å². The first-order valence-corrected chi connectivity index (χ1v) is 5.99. The second-order valence-corrected chi connectivity index (χ2v) is 4.06. The second kappa shape index (κ2) is 5.21. The van der Waals surface area contributed by atoms with Crippen LogP contribution in [0.3, 0.4) is 0 Å². The summed E-state index contributed by atoms with van der Waals surface area (Å²) in [5.74, 6) is 1.82. The first-order valence-electron chi connectivity index (χ1n) is 5.35. The average Bonchev–Trinajstić information content (AvgIpc) is 2.67. The summed E-state index contributed by atoms with van der Waals surface area (Å²) in [6.45, 7) is 0. The molecule has 0 N–H and O–H groups in total. The van der Waals surface area contributed by atoms with Gasteiger partial charge in [-0.15, -0.1) is 0 Å². The molecule has 0 radical (unpaired) electrons. The largest absolute Gasteiger partial charge is 0.441 e. The molecule has 0 aliphatic carbocycles. The van der Waals surface area contributed by atoms with Gasteiger partial charge >= 0.3 is 0 Å². The third-order valence-electron chi connectivity index (χ3n) is 2.39. The van der Waals surface area contributed by atoms with Gasteiger partial charge in [0.2, 0.25) is 0 Å². The van der Waals surface area contributed by atoms with Crippen LogP contribution in [0.2, 0.25) is 0 Å². The third-order valence-corrected chi connectivity index (χ3v) is 2.70. The van der Waals surface area contributed by atoms with Crippen LogP contribution in [0.1, 0.15) is 25.2 Å². The van der Waals surface area contributed by atoms with Crippen molar-refractivity contribution < 1.29 is 4.42 Å². The molecule has 1 aromatic heterocycles. The summed E-state index contributed by atoms with van der Waals surface area (Å²) in [4.78, 5) is 4.42. The fourth-order valence-corrected chi connectivity index (χ4v) is 1.82. The molecular formula is C12H15NOS. The number of hydrogen-bond acceptors (Lipinski definition) is 3. The van der Waals surface area contributed by atoms with E-state index in [1.807, 2.05) is 24.3 Å². The summed E-state index contributed by atoms with van der Waals surface area (Å²) in [5, 5.41) is 0. The minimum atomic E-state index is 0.857. The topological polar surface area (TPSA) is 26.0 Å². The summed E-state index contributed by atoms with van der Waals surface area (Å²) in [6.07, 6.45) is 4.43. The van der Waals surface area contributed by atoms with Crippen LogP contribution in [0.4, 0.5) is 0 Å². The minimum Gasteiger partial charge on any atom is -0.441 e. The Kier molecular flexibility index (Phi) is 3.67. The lowest BCUT2D eigenvalue weighted by Gasteiger charge is -1.94. The molecule has 15 heavy (non-hydrogen) atoms. The van der Waals surface area contributed by atoms with E-state index in [1.165, 1.54) is 12.8 Å². The highest BCUT2D eigenvalue weighted by atomic mass is 32.1. The zero-order chi connectivity index (χ0) is 10.5. The van der Waals surface area contributed by atoms with E-state index in [0.29, 0.717) is 0 Å². The maximum Gasteiger partial charge on any atom is 0.195 e.